The highest BCUT2D eigenvalue weighted by Gasteiger charge is 2.27. The fraction of sp³-hybridized carbons (Fsp3) is 0.611. The molecule has 0 spiro atoms. The van der Waals surface area contributed by atoms with Gasteiger partial charge in [0.2, 0.25) is 0 Å². The largest absolute Gasteiger partial charge is 0.349 e. The summed E-state index contributed by atoms with van der Waals surface area (Å²) in [7, 11) is 0. The van der Waals surface area contributed by atoms with Crippen molar-refractivity contribution in [2.45, 2.75) is 57.5 Å². The molecule has 114 valence electrons. The van der Waals surface area contributed by atoms with E-state index in [1.54, 1.807) is 0 Å². The fourth-order valence-corrected chi connectivity index (χ4v) is 3.65. The van der Waals surface area contributed by atoms with Crippen molar-refractivity contribution in [2.75, 3.05) is 13.1 Å². The van der Waals surface area contributed by atoms with Gasteiger partial charge in [0.25, 0.3) is 5.91 Å². The van der Waals surface area contributed by atoms with Gasteiger partial charge in [-0.3, -0.25) is 4.79 Å². The Hall–Kier alpha value is -1.35. The van der Waals surface area contributed by atoms with Gasteiger partial charge in [-0.1, -0.05) is 30.5 Å². The van der Waals surface area contributed by atoms with E-state index in [2.05, 4.69) is 10.2 Å². The van der Waals surface area contributed by atoms with Crippen LogP contribution in [-0.2, 0) is 0 Å². The third-order valence-corrected chi connectivity index (χ3v) is 5.02. The number of carbonyl (C=O) groups excluding carboxylic acids is 1. The summed E-state index contributed by atoms with van der Waals surface area (Å²) in [5.41, 5.74) is 1.97. The maximum Gasteiger partial charge on any atom is 0.251 e. The van der Waals surface area contributed by atoms with E-state index in [0.717, 1.165) is 37.5 Å². The Bertz CT molecular complexity index is 468. The Morgan fingerprint density at radius 1 is 1.05 bits per heavy atom. The summed E-state index contributed by atoms with van der Waals surface area (Å²) in [4.78, 5) is 14.9. The smallest absolute Gasteiger partial charge is 0.251 e. The second kappa shape index (κ2) is 6.61. The van der Waals surface area contributed by atoms with Crippen LogP contribution in [0.15, 0.2) is 24.3 Å². The highest BCUT2D eigenvalue weighted by molar-refractivity contribution is 5.94. The molecule has 0 bridgehead atoms. The number of piperidine rings is 1. The quantitative estimate of drug-likeness (QED) is 0.926. The van der Waals surface area contributed by atoms with E-state index in [1.807, 2.05) is 31.2 Å². The molecule has 1 aliphatic carbocycles. The summed E-state index contributed by atoms with van der Waals surface area (Å²) in [5.74, 6) is 0.0781. The van der Waals surface area contributed by atoms with Gasteiger partial charge in [0.15, 0.2) is 0 Å². The van der Waals surface area contributed by atoms with Crippen LogP contribution in [0.3, 0.4) is 0 Å². The Balaban J connectivity index is 1.48. The Kier molecular flexibility index (Phi) is 4.59. The zero-order valence-corrected chi connectivity index (χ0v) is 13.0. The van der Waals surface area contributed by atoms with Gasteiger partial charge in [-0.05, 0) is 44.7 Å². The molecule has 1 saturated heterocycles. The first-order valence-electron chi connectivity index (χ1n) is 8.34. The van der Waals surface area contributed by atoms with Crippen molar-refractivity contribution in [3.63, 3.8) is 0 Å². The SMILES string of the molecule is Cc1ccc(C(=O)NC2CCN(C3CCCC3)CC2)cc1. The number of amides is 1. The normalized spacial score (nSPS) is 21.6. The molecule has 21 heavy (non-hydrogen) atoms. The molecule has 1 heterocycles. The lowest BCUT2D eigenvalue weighted by molar-refractivity contribution is 0.0892. The van der Waals surface area contributed by atoms with Gasteiger partial charge in [0.05, 0.1) is 0 Å². The first-order valence-corrected chi connectivity index (χ1v) is 8.34. The van der Waals surface area contributed by atoms with Crippen molar-refractivity contribution in [3.05, 3.63) is 35.4 Å². The average Bonchev–Trinajstić information content (AvgIpc) is 3.03. The monoisotopic (exact) mass is 286 g/mol. The Morgan fingerprint density at radius 2 is 1.67 bits per heavy atom. The molecule has 1 aromatic carbocycles. The van der Waals surface area contributed by atoms with Crippen molar-refractivity contribution < 1.29 is 4.79 Å². The highest BCUT2D eigenvalue weighted by atomic mass is 16.1. The van der Waals surface area contributed by atoms with Gasteiger partial charge in [0, 0.05) is 30.7 Å². The van der Waals surface area contributed by atoms with E-state index in [0.29, 0.717) is 6.04 Å². The molecular formula is C18H26N2O. The van der Waals surface area contributed by atoms with E-state index in [1.165, 1.54) is 31.2 Å². The highest BCUT2D eigenvalue weighted by Crippen LogP contribution is 2.26. The fourth-order valence-electron chi connectivity index (χ4n) is 3.65. The van der Waals surface area contributed by atoms with Crippen LogP contribution in [-0.4, -0.2) is 36.0 Å². The van der Waals surface area contributed by atoms with Crippen LogP contribution in [0.4, 0.5) is 0 Å². The number of likely N-dealkylation sites (tertiary alicyclic amines) is 1. The van der Waals surface area contributed by atoms with Gasteiger partial charge < -0.3 is 10.2 Å². The molecule has 3 rings (SSSR count). The first-order chi connectivity index (χ1) is 10.2. The molecule has 1 amide bonds. The minimum absolute atomic E-state index is 0.0781. The second-order valence-corrected chi connectivity index (χ2v) is 6.59. The Labute approximate surface area is 127 Å². The third-order valence-electron chi connectivity index (χ3n) is 5.02. The number of nitrogens with zero attached hydrogens (tertiary/aromatic N) is 1. The molecule has 2 aliphatic rings. The first kappa shape index (κ1) is 14.6. The van der Waals surface area contributed by atoms with Gasteiger partial charge in [-0.25, -0.2) is 0 Å². The zero-order valence-electron chi connectivity index (χ0n) is 13.0. The molecule has 1 N–H and O–H groups in total. The van der Waals surface area contributed by atoms with E-state index in [-0.39, 0.29) is 5.91 Å². The summed E-state index contributed by atoms with van der Waals surface area (Å²) in [6.45, 7) is 4.33. The predicted octanol–water partition coefficient (Wildman–Crippen LogP) is 3.13. The summed E-state index contributed by atoms with van der Waals surface area (Å²) in [6, 6.07) is 8.99. The molecule has 1 saturated carbocycles. The van der Waals surface area contributed by atoms with Crippen LogP contribution in [0.2, 0.25) is 0 Å². The summed E-state index contributed by atoms with van der Waals surface area (Å²) < 4.78 is 0. The number of hydrogen-bond acceptors (Lipinski definition) is 2. The lowest BCUT2D eigenvalue weighted by Crippen LogP contribution is -2.47. The molecule has 0 atom stereocenters. The van der Waals surface area contributed by atoms with Crippen LogP contribution >= 0.6 is 0 Å². The van der Waals surface area contributed by atoms with Gasteiger partial charge >= 0.3 is 0 Å². The average molecular weight is 286 g/mol. The number of rotatable bonds is 3. The van der Waals surface area contributed by atoms with Gasteiger partial charge in [-0.2, -0.15) is 0 Å². The number of carbonyl (C=O) groups is 1. The maximum atomic E-state index is 12.2. The van der Waals surface area contributed by atoms with Crippen molar-refractivity contribution >= 4 is 5.91 Å². The molecular weight excluding hydrogens is 260 g/mol. The minimum Gasteiger partial charge on any atom is -0.349 e. The summed E-state index contributed by atoms with van der Waals surface area (Å²) in [5, 5.41) is 3.20. The van der Waals surface area contributed by atoms with Crippen LogP contribution in [0, 0.1) is 6.92 Å². The van der Waals surface area contributed by atoms with E-state index < -0.39 is 0 Å². The lowest BCUT2D eigenvalue weighted by atomic mass is 10.0. The summed E-state index contributed by atoms with van der Waals surface area (Å²) >= 11 is 0. The van der Waals surface area contributed by atoms with Gasteiger partial charge in [0.1, 0.15) is 0 Å². The lowest BCUT2D eigenvalue weighted by Gasteiger charge is -2.36. The number of hydrogen-bond donors (Lipinski definition) is 1. The van der Waals surface area contributed by atoms with Crippen LogP contribution in [0.5, 0.6) is 0 Å². The van der Waals surface area contributed by atoms with Crippen molar-refractivity contribution in [1.29, 1.82) is 0 Å². The molecule has 2 fully saturated rings. The second-order valence-electron chi connectivity index (χ2n) is 6.59. The molecule has 1 aliphatic heterocycles. The summed E-state index contributed by atoms with van der Waals surface area (Å²) in [6.07, 6.45) is 7.73. The van der Waals surface area contributed by atoms with E-state index in [4.69, 9.17) is 0 Å². The van der Waals surface area contributed by atoms with Crippen LogP contribution in [0.25, 0.3) is 0 Å². The Morgan fingerprint density at radius 3 is 2.29 bits per heavy atom. The van der Waals surface area contributed by atoms with E-state index in [9.17, 15) is 4.79 Å². The maximum absolute atomic E-state index is 12.2. The molecule has 0 unspecified atom stereocenters. The minimum atomic E-state index is 0.0781. The van der Waals surface area contributed by atoms with Crippen molar-refractivity contribution in [1.82, 2.24) is 10.2 Å². The van der Waals surface area contributed by atoms with Gasteiger partial charge in [-0.15, -0.1) is 0 Å². The molecule has 1 aromatic rings. The third kappa shape index (κ3) is 3.65. The molecule has 0 aromatic heterocycles. The predicted molar refractivity (Wildman–Crippen MR) is 85.5 cm³/mol. The standard InChI is InChI=1S/C18H26N2O/c1-14-6-8-15(9-7-14)18(21)19-16-10-12-20(13-11-16)17-4-2-3-5-17/h6-9,16-17H,2-5,10-13H2,1H3,(H,19,21). The number of nitrogens with one attached hydrogen (secondary N) is 1. The number of aryl methyl sites for hydroxylation is 1. The van der Waals surface area contributed by atoms with Crippen LogP contribution < -0.4 is 5.32 Å². The molecule has 3 nitrogen and oxygen atoms in total. The molecule has 3 heteroatoms. The van der Waals surface area contributed by atoms with Crippen molar-refractivity contribution in [2.24, 2.45) is 0 Å². The van der Waals surface area contributed by atoms with Crippen molar-refractivity contribution in [3.8, 4) is 0 Å². The topological polar surface area (TPSA) is 32.3 Å². The van der Waals surface area contributed by atoms with Crippen LogP contribution in [0.1, 0.15) is 54.4 Å². The molecule has 0 radical (unpaired) electrons. The van der Waals surface area contributed by atoms with E-state index >= 15 is 0 Å². The zero-order chi connectivity index (χ0) is 14.7. The number of benzene rings is 1.